The number of nitrogens with one attached hydrogen (secondary N) is 1. The first kappa shape index (κ1) is 19.6. The Labute approximate surface area is 140 Å². The van der Waals surface area contributed by atoms with Gasteiger partial charge in [-0.15, -0.1) is 0 Å². The molecular formula is C17H22FNO5. The number of halogens is 1. The minimum Gasteiger partial charge on any atom is -0.464 e. The Bertz CT molecular complexity index is 611. The van der Waals surface area contributed by atoms with Crippen molar-refractivity contribution in [2.24, 2.45) is 0 Å². The second-order valence-corrected chi connectivity index (χ2v) is 5.29. The Hall–Kier alpha value is -2.44. The summed E-state index contributed by atoms with van der Waals surface area (Å²) in [4.78, 5) is 36.5. The third-order valence-corrected chi connectivity index (χ3v) is 3.34. The molecule has 1 aromatic carbocycles. The number of carbonyl (C=O) groups excluding carboxylic acids is 3. The van der Waals surface area contributed by atoms with Crippen molar-refractivity contribution in [1.82, 2.24) is 5.32 Å². The highest BCUT2D eigenvalue weighted by Crippen LogP contribution is 2.20. The smallest absolute Gasteiger partial charge is 0.344 e. The van der Waals surface area contributed by atoms with Gasteiger partial charge in [0.1, 0.15) is 5.82 Å². The Morgan fingerprint density at radius 3 is 2.08 bits per heavy atom. The van der Waals surface area contributed by atoms with Crippen LogP contribution in [0.3, 0.4) is 0 Å². The fourth-order valence-corrected chi connectivity index (χ4v) is 2.24. The molecule has 1 rings (SSSR count). The molecule has 0 aliphatic carbocycles. The van der Waals surface area contributed by atoms with Crippen LogP contribution in [0.25, 0.3) is 0 Å². The van der Waals surface area contributed by atoms with Crippen LogP contribution in [0.15, 0.2) is 18.2 Å². The van der Waals surface area contributed by atoms with E-state index in [1.165, 1.54) is 19.1 Å². The highest BCUT2D eigenvalue weighted by atomic mass is 19.1. The van der Waals surface area contributed by atoms with E-state index in [9.17, 15) is 18.8 Å². The Morgan fingerprint density at radius 1 is 1.12 bits per heavy atom. The van der Waals surface area contributed by atoms with Gasteiger partial charge in [0.25, 0.3) is 0 Å². The third-order valence-electron chi connectivity index (χ3n) is 3.34. The summed E-state index contributed by atoms with van der Waals surface area (Å²) in [6.07, 6.45) is -0.276. The molecule has 0 saturated heterocycles. The van der Waals surface area contributed by atoms with Crippen molar-refractivity contribution in [3.8, 4) is 0 Å². The van der Waals surface area contributed by atoms with Gasteiger partial charge >= 0.3 is 11.9 Å². The molecule has 24 heavy (non-hydrogen) atoms. The van der Waals surface area contributed by atoms with Crippen LogP contribution < -0.4 is 5.32 Å². The van der Waals surface area contributed by atoms with Gasteiger partial charge < -0.3 is 14.8 Å². The standard InChI is InChI=1S/C17H22FNO5/c1-5-23-15(21)17(19-12(4)20,16(22)24-6-2)10-13-8-7-11(3)14(18)9-13/h7-9H,5-6,10H2,1-4H3,(H,19,20). The zero-order valence-corrected chi connectivity index (χ0v) is 14.3. The summed E-state index contributed by atoms with van der Waals surface area (Å²) in [5, 5.41) is 2.33. The van der Waals surface area contributed by atoms with Crippen LogP contribution in [0.5, 0.6) is 0 Å². The highest BCUT2D eigenvalue weighted by Gasteiger charge is 2.50. The lowest BCUT2D eigenvalue weighted by molar-refractivity contribution is -0.168. The molecule has 0 spiro atoms. The summed E-state index contributed by atoms with van der Waals surface area (Å²) < 4.78 is 23.7. The van der Waals surface area contributed by atoms with E-state index in [1.807, 2.05) is 0 Å². The molecule has 0 heterocycles. The molecule has 0 aliphatic heterocycles. The lowest BCUT2D eigenvalue weighted by atomic mass is 9.90. The second-order valence-electron chi connectivity index (χ2n) is 5.29. The minimum atomic E-state index is -2.06. The number of ether oxygens (including phenoxy) is 2. The van der Waals surface area contributed by atoms with Crippen LogP contribution in [-0.4, -0.2) is 36.6 Å². The number of hydrogen-bond donors (Lipinski definition) is 1. The van der Waals surface area contributed by atoms with E-state index in [-0.39, 0.29) is 19.6 Å². The molecule has 132 valence electrons. The minimum absolute atomic E-state index is 0.0157. The third kappa shape index (κ3) is 4.53. The average Bonchev–Trinajstić information content (AvgIpc) is 2.50. The molecule has 0 saturated carbocycles. The molecule has 6 nitrogen and oxygen atoms in total. The fourth-order valence-electron chi connectivity index (χ4n) is 2.24. The van der Waals surface area contributed by atoms with E-state index in [1.54, 1.807) is 26.8 Å². The maximum atomic E-state index is 13.8. The van der Waals surface area contributed by atoms with Crippen LogP contribution in [0.2, 0.25) is 0 Å². The topological polar surface area (TPSA) is 81.7 Å². The van der Waals surface area contributed by atoms with Gasteiger partial charge in [-0.05, 0) is 38.0 Å². The van der Waals surface area contributed by atoms with Crippen molar-refractivity contribution in [1.29, 1.82) is 0 Å². The zero-order chi connectivity index (χ0) is 18.3. The van der Waals surface area contributed by atoms with Crippen molar-refractivity contribution >= 4 is 17.8 Å². The van der Waals surface area contributed by atoms with Gasteiger partial charge in [0.05, 0.1) is 13.2 Å². The lowest BCUT2D eigenvalue weighted by Crippen LogP contribution is -2.62. The highest BCUT2D eigenvalue weighted by molar-refractivity contribution is 6.08. The number of carbonyl (C=O) groups is 3. The monoisotopic (exact) mass is 339 g/mol. The molecule has 0 bridgehead atoms. The molecule has 0 fully saturated rings. The predicted molar refractivity (Wildman–Crippen MR) is 84.7 cm³/mol. The summed E-state index contributed by atoms with van der Waals surface area (Å²) >= 11 is 0. The van der Waals surface area contributed by atoms with Gasteiger partial charge in [0.15, 0.2) is 0 Å². The molecule has 1 aromatic rings. The number of rotatable bonds is 7. The fraction of sp³-hybridized carbons (Fsp3) is 0.471. The largest absolute Gasteiger partial charge is 0.464 e. The molecule has 0 aromatic heterocycles. The Morgan fingerprint density at radius 2 is 1.67 bits per heavy atom. The summed E-state index contributed by atoms with van der Waals surface area (Å²) in [6.45, 7) is 5.95. The van der Waals surface area contributed by atoms with Crippen molar-refractivity contribution in [3.63, 3.8) is 0 Å². The van der Waals surface area contributed by atoms with Gasteiger partial charge in [0.2, 0.25) is 11.4 Å². The SMILES string of the molecule is CCOC(=O)C(Cc1ccc(C)c(F)c1)(NC(C)=O)C(=O)OCC. The van der Waals surface area contributed by atoms with Crippen LogP contribution in [0.4, 0.5) is 4.39 Å². The average molecular weight is 339 g/mol. The van der Waals surface area contributed by atoms with Crippen molar-refractivity contribution in [2.75, 3.05) is 13.2 Å². The summed E-state index contributed by atoms with van der Waals surface area (Å²) in [5.41, 5.74) is -1.27. The first-order valence-corrected chi connectivity index (χ1v) is 7.65. The van der Waals surface area contributed by atoms with Gasteiger partial charge in [-0.25, -0.2) is 14.0 Å². The first-order valence-electron chi connectivity index (χ1n) is 7.65. The van der Waals surface area contributed by atoms with Gasteiger partial charge in [-0.2, -0.15) is 0 Å². The van der Waals surface area contributed by atoms with E-state index in [0.29, 0.717) is 11.1 Å². The van der Waals surface area contributed by atoms with Crippen LogP contribution >= 0.6 is 0 Å². The number of benzene rings is 1. The number of hydrogen-bond acceptors (Lipinski definition) is 5. The van der Waals surface area contributed by atoms with Gasteiger partial charge in [0, 0.05) is 13.3 Å². The van der Waals surface area contributed by atoms with E-state index in [4.69, 9.17) is 9.47 Å². The number of esters is 2. The molecule has 0 aliphatic rings. The van der Waals surface area contributed by atoms with E-state index in [2.05, 4.69) is 5.32 Å². The maximum absolute atomic E-state index is 13.8. The van der Waals surface area contributed by atoms with Crippen LogP contribution in [-0.2, 0) is 30.3 Å². The normalized spacial score (nSPS) is 10.9. The van der Waals surface area contributed by atoms with Crippen LogP contribution in [0.1, 0.15) is 31.9 Å². The second kappa shape index (κ2) is 8.42. The maximum Gasteiger partial charge on any atom is 0.344 e. The van der Waals surface area contributed by atoms with Gasteiger partial charge in [-0.1, -0.05) is 12.1 Å². The predicted octanol–water partition coefficient (Wildman–Crippen LogP) is 1.68. The molecule has 1 amide bonds. The number of amides is 1. The first-order chi connectivity index (χ1) is 11.3. The van der Waals surface area contributed by atoms with Crippen LogP contribution in [0, 0.1) is 12.7 Å². The molecule has 7 heteroatoms. The Kier molecular flexibility index (Phi) is 6.88. The summed E-state index contributed by atoms with van der Waals surface area (Å²) in [6, 6.07) is 4.32. The van der Waals surface area contributed by atoms with E-state index in [0.717, 1.165) is 0 Å². The summed E-state index contributed by atoms with van der Waals surface area (Å²) in [7, 11) is 0. The van der Waals surface area contributed by atoms with Crippen molar-refractivity contribution in [2.45, 2.75) is 39.7 Å². The number of aryl methyl sites for hydroxylation is 1. The molecule has 0 radical (unpaired) electrons. The quantitative estimate of drug-likeness (QED) is 0.604. The molecular weight excluding hydrogens is 317 g/mol. The molecule has 0 unspecified atom stereocenters. The zero-order valence-electron chi connectivity index (χ0n) is 14.3. The lowest BCUT2D eigenvalue weighted by Gasteiger charge is -2.29. The van der Waals surface area contributed by atoms with Gasteiger partial charge in [-0.3, -0.25) is 4.79 Å². The molecule has 1 N–H and O–H groups in total. The van der Waals surface area contributed by atoms with Crippen molar-refractivity contribution < 1.29 is 28.2 Å². The van der Waals surface area contributed by atoms with Crippen molar-refractivity contribution in [3.05, 3.63) is 35.1 Å². The van der Waals surface area contributed by atoms with E-state index < -0.39 is 29.2 Å². The Balaban J connectivity index is 3.35. The molecule has 0 atom stereocenters. The van der Waals surface area contributed by atoms with E-state index >= 15 is 0 Å². The summed E-state index contributed by atoms with van der Waals surface area (Å²) in [5.74, 6) is -2.97.